The van der Waals surface area contributed by atoms with Gasteiger partial charge in [0.2, 0.25) is 0 Å². The number of rotatable bonds is 1. The normalized spacial score (nSPS) is 13.7. The van der Waals surface area contributed by atoms with Crippen LogP contribution in [0.4, 0.5) is 25.2 Å². The summed E-state index contributed by atoms with van der Waals surface area (Å²) in [5, 5.41) is 8.00. The maximum Gasteiger partial charge on any atom is 0.466 e. The molecule has 0 aliphatic heterocycles. The number of hydrogen-bond acceptors (Lipinski definition) is 4. The zero-order valence-electron chi connectivity index (χ0n) is 15.4. The van der Waals surface area contributed by atoms with Crippen LogP contribution in [0, 0.1) is 0 Å². The smallest absolute Gasteiger partial charge is 0.303 e. The van der Waals surface area contributed by atoms with Gasteiger partial charge in [-0.25, -0.2) is 14.0 Å². The number of benzene rings is 1. The summed E-state index contributed by atoms with van der Waals surface area (Å²) in [6, 6.07) is 8.34. The zero-order chi connectivity index (χ0) is 23.3. The average Bonchev–Trinajstić information content (AvgIpc) is 2.82. The standard InChI is InChI=1S/C11H16N5O.F6P.H3O4P/c1-14(2)11(15(3)4)17-16-10-8-6-5-7-9(10)12-13-16;1-7(2,3,4,5)6;1-5(2,3)4/h5-8H,1-4H3;;(H3,1,2,3,4)/q+1;-1;. The van der Waals surface area contributed by atoms with Crippen LogP contribution in [0.5, 0.6) is 0 Å². The third kappa shape index (κ3) is 16.6. The summed E-state index contributed by atoms with van der Waals surface area (Å²) in [5.41, 5.74) is 1.65. The molecule has 0 amide bonds. The Labute approximate surface area is 160 Å². The monoisotopic (exact) mass is 477 g/mol. The Bertz CT molecular complexity index is 888. The van der Waals surface area contributed by atoms with Gasteiger partial charge in [0.25, 0.3) is 0 Å². The van der Waals surface area contributed by atoms with Crippen molar-refractivity contribution in [1.29, 1.82) is 0 Å². The van der Waals surface area contributed by atoms with E-state index < -0.39 is 15.6 Å². The van der Waals surface area contributed by atoms with E-state index in [4.69, 9.17) is 24.1 Å². The molecule has 0 fully saturated rings. The molecule has 0 radical (unpaired) electrons. The number of para-hydroxylation sites is 1. The van der Waals surface area contributed by atoms with Crippen LogP contribution in [0.1, 0.15) is 0 Å². The fraction of sp³-hybridized carbons (Fsp3) is 0.364. The molecule has 18 heteroatoms. The summed E-state index contributed by atoms with van der Waals surface area (Å²) in [6.45, 7) is 0. The van der Waals surface area contributed by atoms with E-state index in [1.54, 1.807) is 0 Å². The van der Waals surface area contributed by atoms with Crippen LogP contribution < -0.4 is 4.84 Å². The minimum atomic E-state index is -10.7. The summed E-state index contributed by atoms with van der Waals surface area (Å²) in [5.74, 6) is 0. The van der Waals surface area contributed by atoms with Gasteiger partial charge in [0.1, 0.15) is 11.0 Å². The van der Waals surface area contributed by atoms with Crippen molar-refractivity contribution in [3.63, 3.8) is 0 Å². The minimum Gasteiger partial charge on any atom is -0.303 e. The van der Waals surface area contributed by atoms with Crippen molar-refractivity contribution in [2.24, 2.45) is 0 Å². The first-order valence-electron chi connectivity index (χ1n) is 7.09. The number of nitrogens with zero attached hydrogens (tertiary/aromatic N) is 5. The average molecular weight is 477 g/mol. The van der Waals surface area contributed by atoms with Gasteiger partial charge in [-0.3, -0.25) is 4.84 Å². The van der Waals surface area contributed by atoms with Crippen LogP contribution in [-0.2, 0) is 4.57 Å². The molecule has 0 saturated heterocycles. The molecule has 0 bridgehead atoms. The fourth-order valence-electron chi connectivity index (χ4n) is 1.56. The molecular formula is C11H19F6N5O5P2. The first-order valence-corrected chi connectivity index (χ1v) is 10.7. The third-order valence-corrected chi connectivity index (χ3v) is 2.25. The SMILES string of the molecule is CN(C)C(On1nnc2ccccc21)=[N+](C)C.F[P-](F)(F)(F)(F)F.O=P(O)(O)O. The number of halogens is 6. The Hall–Kier alpha value is -1.99. The first kappa shape index (κ1) is 27.0. The Morgan fingerprint density at radius 3 is 1.90 bits per heavy atom. The molecule has 1 aromatic carbocycles. The van der Waals surface area contributed by atoms with Crippen LogP contribution in [0.3, 0.4) is 0 Å². The van der Waals surface area contributed by atoms with Gasteiger partial charge in [-0.05, 0) is 17.3 Å². The molecule has 0 atom stereocenters. The summed E-state index contributed by atoms with van der Waals surface area (Å²) < 4.78 is 69.9. The van der Waals surface area contributed by atoms with E-state index in [1.165, 1.54) is 4.85 Å². The van der Waals surface area contributed by atoms with Crippen molar-refractivity contribution >= 4 is 32.7 Å². The second kappa shape index (κ2) is 8.40. The summed E-state index contributed by atoms with van der Waals surface area (Å²) in [7, 11) is -7.65. The van der Waals surface area contributed by atoms with E-state index >= 15 is 0 Å². The van der Waals surface area contributed by atoms with Gasteiger partial charge < -0.3 is 14.7 Å². The molecule has 2 aromatic rings. The molecule has 10 nitrogen and oxygen atoms in total. The topological polar surface area (TPSA) is 124 Å². The molecule has 2 rings (SSSR count). The molecule has 170 valence electrons. The predicted octanol–water partition coefficient (Wildman–Crippen LogP) is 2.50. The molecule has 3 N–H and O–H groups in total. The second-order valence-electron chi connectivity index (χ2n) is 5.59. The van der Waals surface area contributed by atoms with Gasteiger partial charge >= 0.3 is 46.8 Å². The zero-order valence-corrected chi connectivity index (χ0v) is 17.2. The Morgan fingerprint density at radius 1 is 1.10 bits per heavy atom. The summed E-state index contributed by atoms with van der Waals surface area (Å²) in [6.07, 6.45) is 0. The number of hydrogen-bond donors (Lipinski definition) is 3. The molecule has 0 saturated carbocycles. The summed E-state index contributed by atoms with van der Waals surface area (Å²) >= 11 is 0. The van der Waals surface area contributed by atoms with E-state index in [0.717, 1.165) is 11.0 Å². The Morgan fingerprint density at radius 2 is 1.52 bits per heavy atom. The molecule has 1 heterocycles. The predicted molar refractivity (Wildman–Crippen MR) is 92.7 cm³/mol. The first-order chi connectivity index (χ1) is 12.5. The molecule has 0 aliphatic rings. The van der Waals surface area contributed by atoms with Crippen LogP contribution >= 0.6 is 15.6 Å². The van der Waals surface area contributed by atoms with E-state index in [9.17, 15) is 25.2 Å². The largest absolute Gasteiger partial charge is 0.466 e. The number of aromatic nitrogens is 3. The molecule has 29 heavy (non-hydrogen) atoms. The maximum absolute atomic E-state index is 10.7. The quantitative estimate of drug-likeness (QED) is 0.188. The van der Waals surface area contributed by atoms with Crippen molar-refractivity contribution in [2.75, 3.05) is 28.2 Å². The van der Waals surface area contributed by atoms with Gasteiger partial charge in [-0.1, -0.05) is 17.0 Å². The van der Waals surface area contributed by atoms with Crippen molar-refractivity contribution in [2.45, 2.75) is 0 Å². The summed E-state index contributed by atoms with van der Waals surface area (Å²) in [4.78, 5) is 30.6. The molecule has 0 unspecified atom stereocenters. The van der Waals surface area contributed by atoms with Crippen LogP contribution in [0.15, 0.2) is 24.3 Å². The molecular weight excluding hydrogens is 458 g/mol. The molecule has 0 spiro atoms. The number of amidine groups is 1. The van der Waals surface area contributed by atoms with E-state index in [0.29, 0.717) is 6.02 Å². The Balaban J connectivity index is 0.000000543. The minimum absolute atomic E-state index is 0.681. The second-order valence-corrected chi connectivity index (χ2v) is 8.53. The van der Waals surface area contributed by atoms with Crippen LogP contribution in [0.2, 0.25) is 0 Å². The van der Waals surface area contributed by atoms with Crippen molar-refractivity contribution < 1.29 is 53.8 Å². The van der Waals surface area contributed by atoms with Crippen LogP contribution in [0.25, 0.3) is 11.0 Å². The Kier molecular flexibility index (Phi) is 7.82. The van der Waals surface area contributed by atoms with Crippen molar-refractivity contribution in [3.8, 4) is 0 Å². The van der Waals surface area contributed by atoms with Gasteiger partial charge in [-0.15, -0.1) is 5.10 Å². The van der Waals surface area contributed by atoms with E-state index in [1.807, 2.05) is 61.9 Å². The van der Waals surface area contributed by atoms with Crippen LogP contribution in [-0.4, -0.2) is 73.5 Å². The van der Waals surface area contributed by atoms with Gasteiger partial charge in [-0.2, -0.15) is 0 Å². The van der Waals surface area contributed by atoms with E-state index in [2.05, 4.69) is 10.3 Å². The van der Waals surface area contributed by atoms with E-state index in [-0.39, 0.29) is 0 Å². The number of fused-ring (bicyclic) bond motifs is 1. The third-order valence-electron chi connectivity index (χ3n) is 2.25. The van der Waals surface area contributed by atoms with Crippen molar-refractivity contribution in [1.82, 2.24) is 20.1 Å². The van der Waals surface area contributed by atoms with Gasteiger partial charge in [0.05, 0.1) is 28.2 Å². The number of phosphoric acid groups is 1. The molecule has 0 aliphatic carbocycles. The molecule has 1 aromatic heterocycles. The van der Waals surface area contributed by atoms with Gasteiger partial charge in [0, 0.05) is 0 Å². The van der Waals surface area contributed by atoms with Crippen molar-refractivity contribution in [3.05, 3.63) is 24.3 Å². The maximum atomic E-state index is 9.87. The van der Waals surface area contributed by atoms with Gasteiger partial charge in [0.15, 0.2) is 0 Å². The fourth-order valence-corrected chi connectivity index (χ4v) is 1.56.